The average Bonchev–Trinajstić information content (AvgIpc) is 3.21. The maximum atomic E-state index is 4.71. The first-order valence-corrected chi connectivity index (χ1v) is 13.7. The average molecular weight is 469 g/mol. The molecule has 0 amide bonds. The number of nitrogens with zero attached hydrogens (tertiary/aromatic N) is 2. The van der Waals surface area contributed by atoms with E-state index in [9.17, 15) is 0 Å². The number of epoxide rings is 1. The highest BCUT2D eigenvalue weighted by Gasteiger charge is 2.13. The Morgan fingerprint density at radius 3 is 1.79 bits per heavy atom. The van der Waals surface area contributed by atoms with Gasteiger partial charge in [-0.05, 0) is 54.5 Å². The van der Waals surface area contributed by atoms with Gasteiger partial charge in [0, 0.05) is 0 Å². The molecule has 2 aromatic carbocycles. The van der Waals surface area contributed by atoms with Crippen molar-refractivity contribution in [2.75, 3.05) is 19.1 Å². The third-order valence-electron chi connectivity index (χ3n) is 3.38. The molecule has 0 aliphatic carbocycles. The van der Waals surface area contributed by atoms with Crippen molar-refractivity contribution in [1.29, 1.82) is 0 Å². The molecule has 8 heteroatoms. The lowest BCUT2D eigenvalue weighted by atomic mass is 10.3. The van der Waals surface area contributed by atoms with Gasteiger partial charge in [-0.3, -0.25) is 0 Å². The molecule has 3 heterocycles. The second kappa shape index (κ2) is 12.0. The van der Waals surface area contributed by atoms with Gasteiger partial charge < -0.3 is 4.74 Å². The molecule has 0 radical (unpaired) electrons. The number of hydrogen-bond acceptors (Lipinski definition) is 8. The van der Waals surface area contributed by atoms with Crippen LogP contribution >= 0.6 is 56.0 Å². The number of thioether (sulfide) groups is 1. The Morgan fingerprint density at radius 2 is 1.36 bits per heavy atom. The molecule has 150 valence electrons. The predicted molar refractivity (Wildman–Crippen MR) is 133 cm³/mol. The van der Waals surface area contributed by atoms with Gasteiger partial charge in [-0.25, -0.2) is 9.97 Å². The number of ether oxygens (including phenoxy) is 1. The molecule has 3 nitrogen and oxygen atoms in total. The fraction of sp³-hybridized carbons (Fsp3) is 0.300. The van der Waals surface area contributed by atoms with Crippen LogP contribution in [-0.2, 0) is 4.74 Å². The Morgan fingerprint density at radius 1 is 0.893 bits per heavy atom. The third-order valence-corrected chi connectivity index (χ3v) is 8.42. The maximum Gasteiger partial charge on any atom is 0.161 e. The zero-order chi connectivity index (χ0) is 19.1. The van der Waals surface area contributed by atoms with Crippen LogP contribution in [0.2, 0.25) is 0 Å². The molecule has 2 aromatic heterocycles. The second-order valence-corrected chi connectivity index (χ2v) is 11.3. The summed E-state index contributed by atoms with van der Waals surface area (Å²) >= 11 is 5.20. The van der Waals surface area contributed by atoms with Crippen molar-refractivity contribution in [2.45, 2.75) is 29.1 Å². The van der Waals surface area contributed by atoms with Crippen molar-refractivity contribution < 1.29 is 4.74 Å². The molecule has 0 bridgehead atoms. The van der Waals surface area contributed by atoms with Crippen LogP contribution in [-0.4, -0.2) is 35.2 Å². The summed E-state index contributed by atoms with van der Waals surface area (Å²) in [6, 6.07) is 16.5. The van der Waals surface area contributed by atoms with Crippen LogP contribution in [0.25, 0.3) is 20.4 Å². The number of aromatic nitrogens is 2. The van der Waals surface area contributed by atoms with Gasteiger partial charge in [-0.1, -0.05) is 54.2 Å². The molecule has 1 aliphatic heterocycles. The van der Waals surface area contributed by atoms with Crippen molar-refractivity contribution >= 4 is 76.5 Å². The largest absolute Gasteiger partial charge is 0.373 e. The van der Waals surface area contributed by atoms with Crippen LogP contribution in [0.15, 0.2) is 57.2 Å². The van der Waals surface area contributed by atoms with E-state index in [1.54, 1.807) is 56.0 Å². The number of para-hydroxylation sites is 2. The number of benzene rings is 2. The lowest BCUT2D eigenvalue weighted by Gasteiger charge is -1.84. The Balaban J connectivity index is 0.000000163. The summed E-state index contributed by atoms with van der Waals surface area (Å²) in [6.45, 7) is 3.04. The van der Waals surface area contributed by atoms with E-state index in [0.29, 0.717) is 6.10 Å². The summed E-state index contributed by atoms with van der Waals surface area (Å²) in [4.78, 5) is 8.88. The molecule has 1 unspecified atom stereocenters. The van der Waals surface area contributed by atoms with Gasteiger partial charge in [0.2, 0.25) is 0 Å². The molecule has 4 aromatic rings. The molecular formula is C20H24N2OS5. The van der Waals surface area contributed by atoms with Crippen molar-refractivity contribution in [3.8, 4) is 0 Å². The van der Waals surface area contributed by atoms with Gasteiger partial charge in [0.05, 0.1) is 33.1 Å². The Bertz CT molecular complexity index is 915. The third kappa shape index (κ3) is 7.24. The zero-order valence-corrected chi connectivity index (χ0v) is 19.3. The predicted octanol–water partition coefficient (Wildman–Crippen LogP) is 7.73. The maximum absolute atomic E-state index is 4.71. The molecule has 28 heavy (non-hydrogen) atoms. The zero-order valence-electron chi connectivity index (χ0n) is 15.2. The van der Waals surface area contributed by atoms with Crippen molar-refractivity contribution in [3.63, 3.8) is 0 Å². The summed E-state index contributed by atoms with van der Waals surface area (Å²) in [5, 5.41) is 0. The Kier molecular flexibility index (Phi) is 10.1. The Labute approximate surface area is 187 Å². The first-order valence-electron chi connectivity index (χ1n) is 8.27. The van der Waals surface area contributed by atoms with E-state index in [0.717, 1.165) is 26.3 Å². The molecule has 1 aliphatic rings. The number of hydrogen-bond donors (Lipinski definition) is 0. The highest BCUT2D eigenvalue weighted by Crippen LogP contribution is 2.34. The van der Waals surface area contributed by atoms with Crippen LogP contribution in [0.1, 0.15) is 14.4 Å². The summed E-state index contributed by atoms with van der Waals surface area (Å²) < 4.78 is 9.54. The molecule has 1 fully saturated rings. The van der Waals surface area contributed by atoms with E-state index >= 15 is 0 Å². The van der Waals surface area contributed by atoms with Crippen LogP contribution in [0, 0.1) is 0 Å². The van der Waals surface area contributed by atoms with Crippen LogP contribution in [0.4, 0.5) is 0 Å². The van der Waals surface area contributed by atoms with Crippen LogP contribution in [0.5, 0.6) is 0 Å². The molecule has 1 atom stereocenters. The molecule has 1 saturated heterocycles. The summed E-state index contributed by atoms with van der Waals surface area (Å²) in [6.07, 6.45) is 4.70. The van der Waals surface area contributed by atoms with Gasteiger partial charge >= 0.3 is 0 Å². The first-order chi connectivity index (χ1) is 13.2. The topological polar surface area (TPSA) is 38.3 Å². The van der Waals surface area contributed by atoms with Gasteiger partial charge in [0.1, 0.15) is 0 Å². The van der Waals surface area contributed by atoms with Gasteiger partial charge in [0.25, 0.3) is 0 Å². The molecule has 0 saturated carbocycles. The second-order valence-electron chi connectivity index (χ2n) is 5.49. The summed E-state index contributed by atoms with van der Waals surface area (Å²) in [5.74, 6) is 0. The van der Waals surface area contributed by atoms with Gasteiger partial charge in [-0.2, -0.15) is 0 Å². The van der Waals surface area contributed by atoms with Crippen molar-refractivity contribution in [3.05, 3.63) is 48.5 Å². The van der Waals surface area contributed by atoms with Crippen molar-refractivity contribution in [2.24, 2.45) is 0 Å². The van der Waals surface area contributed by atoms with E-state index < -0.39 is 0 Å². The number of rotatable bonds is 3. The molecule has 0 N–H and O–H groups in total. The normalized spacial score (nSPS) is 14.5. The molecule has 5 rings (SSSR count). The smallest absolute Gasteiger partial charge is 0.161 e. The minimum atomic E-state index is 0. The first kappa shape index (κ1) is 23.5. The van der Waals surface area contributed by atoms with E-state index in [2.05, 4.69) is 47.6 Å². The summed E-state index contributed by atoms with van der Waals surface area (Å²) in [7, 11) is 3.46. The Hall–Kier alpha value is -0.770. The van der Waals surface area contributed by atoms with Gasteiger partial charge in [0.15, 0.2) is 8.68 Å². The quantitative estimate of drug-likeness (QED) is 0.174. The number of fused-ring (bicyclic) bond motifs is 2. The fourth-order valence-corrected chi connectivity index (χ4v) is 6.32. The van der Waals surface area contributed by atoms with E-state index in [4.69, 9.17) is 4.74 Å². The lowest BCUT2D eigenvalue weighted by molar-refractivity contribution is 0.423. The fourth-order valence-electron chi connectivity index (χ4n) is 1.99. The SMILES string of the molecule is C.CC1CO1.CSSc1nc2ccccc2s1.CSc1nc2ccccc2s1. The van der Waals surface area contributed by atoms with Gasteiger partial charge in [-0.15, -0.1) is 22.7 Å². The number of thiazole rings is 2. The summed E-state index contributed by atoms with van der Waals surface area (Å²) in [5.41, 5.74) is 2.22. The highest BCUT2D eigenvalue weighted by molar-refractivity contribution is 8.76. The lowest BCUT2D eigenvalue weighted by Crippen LogP contribution is -1.65. The van der Waals surface area contributed by atoms with Crippen molar-refractivity contribution in [1.82, 2.24) is 9.97 Å². The van der Waals surface area contributed by atoms with E-state index in [-0.39, 0.29) is 7.43 Å². The standard InChI is InChI=1S/C8H7NS3.C8H7NS2.C3H6O.CH4/c1-10-12-8-9-6-4-2-3-5-7(6)11-8;1-10-8-9-6-4-2-3-5-7(6)11-8;1-3-2-4-3;/h2-5H,1H3;2-5H,1H3;3H,2H2,1H3;1H4. The molecule has 0 spiro atoms. The minimum Gasteiger partial charge on any atom is -0.373 e. The minimum absolute atomic E-state index is 0. The van der Waals surface area contributed by atoms with Crippen LogP contribution < -0.4 is 0 Å². The van der Waals surface area contributed by atoms with E-state index in [1.165, 1.54) is 9.40 Å². The molecular weight excluding hydrogens is 445 g/mol. The monoisotopic (exact) mass is 468 g/mol. The highest BCUT2D eigenvalue weighted by atomic mass is 33.1. The van der Waals surface area contributed by atoms with Crippen LogP contribution in [0.3, 0.4) is 0 Å². The van der Waals surface area contributed by atoms with E-state index in [1.807, 2.05) is 30.3 Å².